The molecule has 0 fully saturated rings. The Morgan fingerprint density at radius 1 is 1.05 bits per heavy atom. The van der Waals surface area contributed by atoms with Gasteiger partial charge in [0.25, 0.3) is 0 Å². The molecule has 2 aromatic heterocycles. The van der Waals surface area contributed by atoms with E-state index in [2.05, 4.69) is 112 Å². The quantitative estimate of drug-likeness (QED) is 0.311. The van der Waals surface area contributed by atoms with Crippen LogP contribution in [0.2, 0.25) is 0 Å². The molecule has 6 rings (SSSR count). The van der Waals surface area contributed by atoms with Crippen molar-refractivity contribution in [3.05, 3.63) is 131 Å². The number of hydrogen-bond donors (Lipinski definition) is 2. The monoisotopic (exact) mass is 558 g/mol. The first-order valence-electron chi connectivity index (χ1n) is 13.9. The van der Waals surface area contributed by atoms with Crippen LogP contribution in [0, 0.1) is 6.92 Å². The molecule has 1 aromatic carbocycles. The smallest absolute Gasteiger partial charge is 0.0811 e. The maximum atomic E-state index is 4.51. The van der Waals surface area contributed by atoms with Crippen molar-refractivity contribution in [1.29, 1.82) is 0 Å². The molecule has 2 atom stereocenters. The van der Waals surface area contributed by atoms with Crippen LogP contribution < -0.4 is 15.1 Å². The standard InChI is InChI=1S/C34H34N6S/c1-24-20-35-16-11-31(24)40(32-12-17-36-21-25(32)2)27-6-4-26(5-7-27)34(3)14-8-28(9-15-34)39-29(23-41)10-19-38-30-22-37-18-13-33(30)39/h4-11,13-14,16-23,32,38,41H,12,15H2,1-3H3/b29-23-. The van der Waals surface area contributed by atoms with Crippen LogP contribution in [-0.4, -0.2) is 22.2 Å². The van der Waals surface area contributed by atoms with Gasteiger partial charge in [-0.3, -0.25) is 15.0 Å². The van der Waals surface area contributed by atoms with Gasteiger partial charge in [-0.05, 0) is 78.8 Å². The van der Waals surface area contributed by atoms with Gasteiger partial charge in [-0.2, -0.15) is 0 Å². The summed E-state index contributed by atoms with van der Waals surface area (Å²) in [6, 6.07) is 13.4. The first-order chi connectivity index (χ1) is 20.0. The molecule has 0 amide bonds. The predicted octanol–water partition coefficient (Wildman–Crippen LogP) is 7.99. The van der Waals surface area contributed by atoms with Crippen molar-refractivity contribution in [2.75, 3.05) is 15.1 Å². The molecule has 7 heteroatoms. The lowest BCUT2D eigenvalue weighted by Gasteiger charge is -2.36. The molecule has 0 saturated carbocycles. The van der Waals surface area contributed by atoms with Crippen LogP contribution in [0.25, 0.3) is 0 Å². The molecule has 0 saturated heterocycles. The fraction of sp³-hybridized carbons (Fsp3) is 0.206. The van der Waals surface area contributed by atoms with E-state index in [1.54, 1.807) is 0 Å². The second-order valence-electron chi connectivity index (χ2n) is 10.9. The van der Waals surface area contributed by atoms with Crippen molar-refractivity contribution in [2.45, 2.75) is 45.1 Å². The number of nitrogens with zero attached hydrogens (tertiary/aromatic N) is 5. The maximum absolute atomic E-state index is 4.51. The summed E-state index contributed by atoms with van der Waals surface area (Å²) in [5.41, 5.74) is 9.97. The Hall–Kier alpha value is -4.36. The second kappa shape index (κ2) is 11.3. The van der Waals surface area contributed by atoms with E-state index >= 15 is 0 Å². The molecule has 1 N–H and O–H groups in total. The van der Waals surface area contributed by atoms with Gasteiger partial charge in [0.15, 0.2) is 0 Å². The average Bonchev–Trinajstić information content (AvgIpc) is 3.19. The number of aliphatic imine (C=N–C) groups is 1. The SMILES string of the molecule is CC1=CN=CCC1N(c1ccc(C2(C)C=CC(N3/C(=C\S)C=CNc4cnccc43)=CC2)cc1)c1ccncc1C. The van der Waals surface area contributed by atoms with E-state index in [-0.39, 0.29) is 11.5 Å². The van der Waals surface area contributed by atoms with E-state index in [1.807, 2.05) is 61.0 Å². The van der Waals surface area contributed by atoms with Crippen LogP contribution in [0.4, 0.5) is 22.7 Å². The fourth-order valence-electron chi connectivity index (χ4n) is 5.75. The Kier molecular flexibility index (Phi) is 7.37. The molecule has 3 aliphatic rings. The summed E-state index contributed by atoms with van der Waals surface area (Å²) >= 11 is 4.51. The molecule has 4 heterocycles. The molecule has 3 aromatic rings. The largest absolute Gasteiger partial charge is 0.359 e. The Morgan fingerprint density at radius 2 is 1.85 bits per heavy atom. The minimum Gasteiger partial charge on any atom is -0.359 e. The fourth-order valence-corrected chi connectivity index (χ4v) is 5.95. The zero-order chi connectivity index (χ0) is 28.4. The Bertz CT molecular complexity index is 1630. The Balaban J connectivity index is 1.29. The summed E-state index contributed by atoms with van der Waals surface area (Å²) in [4.78, 5) is 17.7. The lowest BCUT2D eigenvalue weighted by Crippen LogP contribution is -2.34. The number of pyridine rings is 2. The summed E-state index contributed by atoms with van der Waals surface area (Å²) in [5, 5.41) is 5.16. The van der Waals surface area contributed by atoms with Gasteiger partial charge >= 0.3 is 0 Å². The molecule has 0 spiro atoms. The van der Waals surface area contributed by atoms with Gasteiger partial charge in [0.05, 0.1) is 29.3 Å². The summed E-state index contributed by atoms with van der Waals surface area (Å²) in [6.45, 7) is 6.59. The van der Waals surface area contributed by atoms with E-state index in [1.165, 1.54) is 16.8 Å². The molecule has 0 bridgehead atoms. The van der Waals surface area contributed by atoms with Crippen LogP contribution in [0.1, 0.15) is 37.8 Å². The lowest BCUT2D eigenvalue weighted by atomic mass is 9.76. The van der Waals surface area contributed by atoms with E-state index in [0.717, 1.165) is 46.9 Å². The summed E-state index contributed by atoms with van der Waals surface area (Å²) < 4.78 is 0. The summed E-state index contributed by atoms with van der Waals surface area (Å²) in [5.74, 6) is 0. The van der Waals surface area contributed by atoms with Crippen molar-refractivity contribution in [2.24, 2.45) is 4.99 Å². The van der Waals surface area contributed by atoms with Gasteiger partial charge in [0.1, 0.15) is 0 Å². The number of anilines is 4. The minimum absolute atomic E-state index is 0.126. The molecule has 2 aliphatic heterocycles. The molecule has 2 unspecified atom stereocenters. The average molecular weight is 559 g/mol. The second-order valence-corrected chi connectivity index (χ2v) is 11.1. The van der Waals surface area contributed by atoms with E-state index in [4.69, 9.17) is 0 Å². The highest BCUT2D eigenvalue weighted by molar-refractivity contribution is 7.83. The van der Waals surface area contributed by atoms with Gasteiger partial charge in [-0.25, -0.2) is 0 Å². The minimum atomic E-state index is -0.126. The van der Waals surface area contributed by atoms with Crippen LogP contribution in [-0.2, 0) is 5.41 Å². The Morgan fingerprint density at radius 3 is 2.59 bits per heavy atom. The highest BCUT2D eigenvalue weighted by Gasteiger charge is 2.29. The normalized spacial score (nSPS) is 22.5. The van der Waals surface area contributed by atoms with Crippen molar-refractivity contribution in [1.82, 2.24) is 9.97 Å². The molecular formula is C34H34N6S. The summed E-state index contributed by atoms with van der Waals surface area (Å²) in [7, 11) is 0. The third-order valence-electron chi connectivity index (χ3n) is 8.14. The number of nitrogens with one attached hydrogen (secondary N) is 1. The number of thiol groups is 1. The molecule has 0 radical (unpaired) electrons. The third kappa shape index (κ3) is 5.13. The van der Waals surface area contributed by atoms with E-state index < -0.39 is 0 Å². The van der Waals surface area contributed by atoms with Crippen LogP contribution in [0.15, 0.2) is 125 Å². The number of benzene rings is 1. The zero-order valence-electron chi connectivity index (χ0n) is 23.6. The Labute approximate surface area is 247 Å². The number of allylic oxidation sites excluding steroid dienone is 4. The number of hydrogen-bond acceptors (Lipinski definition) is 7. The highest BCUT2D eigenvalue weighted by atomic mass is 32.1. The van der Waals surface area contributed by atoms with Crippen molar-refractivity contribution >= 4 is 41.6 Å². The van der Waals surface area contributed by atoms with Crippen LogP contribution in [0.5, 0.6) is 0 Å². The highest BCUT2D eigenvalue weighted by Crippen LogP contribution is 2.41. The summed E-state index contributed by atoms with van der Waals surface area (Å²) in [6.07, 6.45) is 24.0. The number of aryl methyl sites for hydroxylation is 1. The molecule has 1 aliphatic carbocycles. The lowest BCUT2D eigenvalue weighted by molar-refractivity contribution is 0.595. The van der Waals surface area contributed by atoms with Crippen molar-refractivity contribution in [3.8, 4) is 0 Å². The van der Waals surface area contributed by atoms with Gasteiger partial charge in [0.2, 0.25) is 0 Å². The van der Waals surface area contributed by atoms with Crippen molar-refractivity contribution < 1.29 is 0 Å². The number of aromatic nitrogens is 2. The van der Waals surface area contributed by atoms with Crippen LogP contribution >= 0.6 is 12.6 Å². The third-order valence-corrected chi connectivity index (χ3v) is 8.41. The van der Waals surface area contributed by atoms with E-state index in [0.29, 0.717) is 0 Å². The first-order valence-corrected chi connectivity index (χ1v) is 14.4. The van der Waals surface area contributed by atoms with Gasteiger partial charge < -0.3 is 15.1 Å². The van der Waals surface area contributed by atoms with E-state index in [9.17, 15) is 0 Å². The van der Waals surface area contributed by atoms with Crippen molar-refractivity contribution in [3.63, 3.8) is 0 Å². The maximum Gasteiger partial charge on any atom is 0.0811 e. The number of fused-ring (bicyclic) bond motifs is 1. The molecule has 41 heavy (non-hydrogen) atoms. The molecule has 206 valence electrons. The molecule has 6 nitrogen and oxygen atoms in total. The first kappa shape index (κ1) is 26.8. The van der Waals surface area contributed by atoms with Gasteiger partial charge in [-0.15, -0.1) is 12.6 Å². The van der Waals surface area contributed by atoms with Crippen LogP contribution in [0.3, 0.4) is 0 Å². The van der Waals surface area contributed by atoms with Gasteiger partial charge in [-0.1, -0.05) is 31.2 Å². The molecular weight excluding hydrogens is 524 g/mol. The van der Waals surface area contributed by atoms with Gasteiger partial charge in [0, 0.05) is 66.1 Å². The predicted molar refractivity (Wildman–Crippen MR) is 174 cm³/mol. The zero-order valence-corrected chi connectivity index (χ0v) is 24.5. The number of rotatable bonds is 5. The topological polar surface area (TPSA) is 56.6 Å².